The first kappa shape index (κ1) is 82.9. The summed E-state index contributed by atoms with van der Waals surface area (Å²) in [5.74, 6) is 7.70. The molecule has 2 saturated carbocycles. The highest BCUT2D eigenvalue weighted by Gasteiger charge is 2.27. The monoisotopic (exact) mass is 941 g/mol. The molecule has 0 nitrogen and oxygen atoms in total. The Morgan fingerprint density at radius 1 is 0.394 bits per heavy atom. The Morgan fingerprint density at radius 3 is 0.970 bits per heavy atom. The summed E-state index contributed by atoms with van der Waals surface area (Å²) in [6.45, 7) is 63.1. The molecule has 0 aromatic heterocycles. The summed E-state index contributed by atoms with van der Waals surface area (Å²) in [6.07, 6.45) is 39.3. The van der Waals surface area contributed by atoms with E-state index in [-0.39, 0.29) is 0 Å². The Hall–Kier alpha value is 0. The van der Waals surface area contributed by atoms with Crippen molar-refractivity contribution >= 4 is 0 Å². The molecule has 0 radical (unpaired) electrons. The van der Waals surface area contributed by atoms with Gasteiger partial charge in [0, 0.05) is 0 Å². The molecular formula is C66H148. The molecule has 4 unspecified atom stereocenters. The Morgan fingerprint density at radius 2 is 0.773 bits per heavy atom. The van der Waals surface area contributed by atoms with Crippen molar-refractivity contribution in [3.63, 3.8) is 0 Å². The van der Waals surface area contributed by atoms with Gasteiger partial charge in [-0.15, -0.1) is 0 Å². The Labute approximate surface area is 430 Å². The summed E-state index contributed by atoms with van der Waals surface area (Å²) in [5.41, 5.74) is 1.04. The van der Waals surface area contributed by atoms with Crippen molar-refractivity contribution < 1.29 is 0 Å². The summed E-state index contributed by atoms with van der Waals surface area (Å²) >= 11 is 0. The lowest BCUT2D eigenvalue weighted by Gasteiger charge is -2.35. The maximum Gasteiger partial charge on any atom is -0.0365 e. The Bertz CT molecular complexity index is 723. The van der Waals surface area contributed by atoms with E-state index in [1.54, 1.807) is 0 Å². The molecule has 2 rings (SSSR count). The maximum atomic E-state index is 2.43. The molecule has 0 N–H and O–H groups in total. The maximum absolute atomic E-state index is 2.43. The van der Waals surface area contributed by atoms with Crippen LogP contribution >= 0.6 is 0 Å². The summed E-state index contributed by atoms with van der Waals surface area (Å²) in [4.78, 5) is 0. The molecule has 0 saturated heterocycles. The van der Waals surface area contributed by atoms with Gasteiger partial charge >= 0.3 is 0 Å². The van der Waals surface area contributed by atoms with Gasteiger partial charge in [0.2, 0.25) is 0 Å². The van der Waals surface area contributed by atoms with Crippen LogP contribution in [0.5, 0.6) is 0 Å². The average Bonchev–Trinajstić information content (AvgIpc) is 3.24. The molecule has 0 bridgehead atoms. The van der Waals surface area contributed by atoms with Crippen molar-refractivity contribution in [2.45, 2.75) is 374 Å². The summed E-state index contributed by atoms with van der Waals surface area (Å²) < 4.78 is 0. The zero-order chi connectivity index (χ0) is 53.4. The molecule has 0 heterocycles. The van der Waals surface area contributed by atoms with Gasteiger partial charge in [-0.1, -0.05) is 361 Å². The summed E-state index contributed by atoms with van der Waals surface area (Å²) in [7, 11) is 0. The van der Waals surface area contributed by atoms with Crippen LogP contribution in [0.15, 0.2) is 0 Å². The van der Waals surface area contributed by atoms with Crippen LogP contribution in [-0.4, -0.2) is 0 Å². The highest BCUT2D eigenvalue weighted by molar-refractivity contribution is 4.77. The molecule has 4 atom stereocenters. The fourth-order valence-electron chi connectivity index (χ4n) is 7.06. The second-order valence-corrected chi connectivity index (χ2v) is 25.1. The molecule has 2 aliphatic carbocycles. The fourth-order valence-corrected chi connectivity index (χ4v) is 7.06. The predicted molar refractivity (Wildman–Crippen MR) is 321 cm³/mol. The van der Waals surface area contributed by atoms with Gasteiger partial charge in [-0.3, -0.25) is 0 Å². The third-order valence-electron chi connectivity index (χ3n) is 12.6. The number of rotatable bonds is 17. The molecule has 0 aromatic rings. The SMILES string of the molecule is CC(C)(C)C.CC1CCC(C(C)C)C(C)C1.CC1CCCCC1.CCC(C)(C)C.CCC(C)C.CCCC.CCCC(C)C.CCCCC.CCCCCC.CCCCCC(CC)CCC. The minimum Gasteiger partial charge on any atom is -0.0654 e. The summed E-state index contributed by atoms with van der Waals surface area (Å²) in [5, 5.41) is 0. The van der Waals surface area contributed by atoms with Crippen molar-refractivity contribution in [2.24, 2.45) is 58.2 Å². The normalized spacial score (nSPS) is 17.0. The molecule has 412 valence electrons. The van der Waals surface area contributed by atoms with Crippen LogP contribution in [0.3, 0.4) is 0 Å². The van der Waals surface area contributed by atoms with Crippen LogP contribution in [0, 0.1) is 58.2 Å². The molecular weight excluding hydrogens is 793 g/mol. The van der Waals surface area contributed by atoms with Crippen LogP contribution in [0.2, 0.25) is 0 Å². The first-order chi connectivity index (χ1) is 30.7. The first-order valence-electron chi connectivity index (χ1n) is 30.7. The van der Waals surface area contributed by atoms with E-state index in [4.69, 9.17) is 0 Å². The second kappa shape index (κ2) is 65.0. The van der Waals surface area contributed by atoms with E-state index in [0.29, 0.717) is 10.8 Å². The third-order valence-corrected chi connectivity index (χ3v) is 12.6. The van der Waals surface area contributed by atoms with Crippen LogP contribution in [0.25, 0.3) is 0 Å². The van der Waals surface area contributed by atoms with E-state index in [9.17, 15) is 0 Å². The van der Waals surface area contributed by atoms with Gasteiger partial charge in [0.05, 0.1) is 0 Å². The molecule has 66 heavy (non-hydrogen) atoms. The van der Waals surface area contributed by atoms with E-state index in [1.165, 1.54) is 180 Å². The predicted octanol–water partition coefficient (Wildman–Crippen LogP) is 26.3. The van der Waals surface area contributed by atoms with Crippen molar-refractivity contribution in [1.82, 2.24) is 0 Å². The van der Waals surface area contributed by atoms with Crippen molar-refractivity contribution in [3.8, 4) is 0 Å². The van der Waals surface area contributed by atoms with E-state index in [1.807, 2.05) is 0 Å². The van der Waals surface area contributed by atoms with Gasteiger partial charge in [0.1, 0.15) is 0 Å². The van der Waals surface area contributed by atoms with Gasteiger partial charge in [0.25, 0.3) is 0 Å². The topological polar surface area (TPSA) is 0 Å². The Balaban J connectivity index is -0.0000000962. The van der Waals surface area contributed by atoms with Crippen LogP contribution < -0.4 is 0 Å². The van der Waals surface area contributed by atoms with Crippen LogP contribution in [0.4, 0.5) is 0 Å². The van der Waals surface area contributed by atoms with Crippen LogP contribution in [0.1, 0.15) is 374 Å². The molecule has 2 fully saturated rings. The summed E-state index contributed by atoms with van der Waals surface area (Å²) in [6, 6.07) is 0. The Kier molecular flexibility index (Phi) is 81.6. The highest BCUT2D eigenvalue weighted by atomic mass is 14.3. The van der Waals surface area contributed by atoms with Gasteiger partial charge in [-0.05, 0) is 71.0 Å². The van der Waals surface area contributed by atoms with Gasteiger partial charge in [-0.2, -0.15) is 0 Å². The highest BCUT2D eigenvalue weighted by Crippen LogP contribution is 2.37. The van der Waals surface area contributed by atoms with Crippen molar-refractivity contribution in [2.75, 3.05) is 0 Å². The molecule has 2 aliphatic rings. The van der Waals surface area contributed by atoms with E-state index in [2.05, 4.69) is 194 Å². The second-order valence-electron chi connectivity index (χ2n) is 25.1. The lowest BCUT2D eigenvalue weighted by atomic mass is 9.71. The standard InChI is InChI=1S/C11H22.C11H24.C7H14.3C6H14.3C5H12.C4H10/c1-8(2)11-6-5-9(3)7-10(11)4;1-4-7-8-10-11(6-3)9-5-2;1-7-5-3-2-4-6-7;1-5-6(2,3)4;1-4-5-6(2)3;1-3-5-6-4-2;1-5(2,3)4;1-4-5(2)3;1-3-5-4-2;1-3-4-2/h8-11H,5-7H2,1-4H3;11H,4-10H2,1-3H3;7H,2-6H2,1H3;5H2,1-4H3;6H,4-5H2,1-3H3;3-6H2,1-2H3;1-4H3;5H,4H2,1-3H3;3-5H2,1-2H3;3-4H2,1-2H3. The minimum atomic E-state index is 0.500. The number of hydrogen-bond donors (Lipinski definition) is 0. The lowest BCUT2D eigenvalue weighted by molar-refractivity contribution is 0.158. The van der Waals surface area contributed by atoms with E-state index < -0.39 is 0 Å². The largest absolute Gasteiger partial charge is 0.0654 e. The van der Waals surface area contributed by atoms with Gasteiger partial charge in [0.15, 0.2) is 0 Å². The zero-order valence-electron chi connectivity index (χ0n) is 53.4. The van der Waals surface area contributed by atoms with Crippen molar-refractivity contribution in [1.29, 1.82) is 0 Å². The smallest absolute Gasteiger partial charge is 0.0365 e. The van der Waals surface area contributed by atoms with Crippen LogP contribution in [-0.2, 0) is 0 Å². The molecule has 0 spiro atoms. The lowest BCUT2D eigenvalue weighted by Crippen LogP contribution is -2.25. The molecule has 0 heteroatoms. The van der Waals surface area contributed by atoms with Gasteiger partial charge in [-0.25, -0.2) is 0 Å². The van der Waals surface area contributed by atoms with Gasteiger partial charge < -0.3 is 0 Å². The van der Waals surface area contributed by atoms with Crippen molar-refractivity contribution in [3.05, 3.63) is 0 Å². The molecule has 0 amide bonds. The third kappa shape index (κ3) is 106. The molecule has 0 aromatic carbocycles. The number of unbranched alkanes of at least 4 members (excludes halogenated alkanes) is 8. The average molecular weight is 942 g/mol. The quantitative estimate of drug-likeness (QED) is 0.128. The van der Waals surface area contributed by atoms with E-state index >= 15 is 0 Å². The number of hydrogen-bond acceptors (Lipinski definition) is 0. The fraction of sp³-hybridized carbons (Fsp3) is 1.00. The first-order valence-corrected chi connectivity index (χ1v) is 30.7. The molecule has 0 aliphatic heterocycles. The van der Waals surface area contributed by atoms with E-state index in [0.717, 1.165) is 47.3 Å². The minimum absolute atomic E-state index is 0.500. The zero-order valence-corrected chi connectivity index (χ0v) is 53.4.